The van der Waals surface area contributed by atoms with Crippen LogP contribution in [0.5, 0.6) is 11.5 Å². The molecule has 0 radical (unpaired) electrons. The van der Waals surface area contributed by atoms with Gasteiger partial charge in [-0.3, -0.25) is 5.10 Å². The van der Waals surface area contributed by atoms with E-state index in [1.807, 2.05) is 84.9 Å². The predicted octanol–water partition coefficient (Wildman–Crippen LogP) is 7.15. The highest BCUT2D eigenvalue weighted by Crippen LogP contribution is 2.34. The minimum Gasteiger partial charge on any atom is -0.475 e. The third-order valence-corrected chi connectivity index (χ3v) is 5.61. The number of anilines is 2. The molecule has 0 aliphatic rings. The predicted molar refractivity (Wildman–Crippen MR) is 161 cm³/mol. The summed E-state index contributed by atoms with van der Waals surface area (Å²) < 4.78 is 101. The number of aromatic amines is 1. The van der Waals surface area contributed by atoms with E-state index < -0.39 is 36.4 Å². The van der Waals surface area contributed by atoms with Gasteiger partial charge in [0.15, 0.2) is 5.82 Å². The molecule has 2 heterocycles. The molecule has 0 saturated heterocycles. The number of fused-ring (bicyclic) bond motifs is 1. The number of nitrogens with two attached hydrogens (primary N) is 2. The van der Waals surface area contributed by atoms with Crippen LogP contribution in [-0.4, -0.2) is 66.9 Å². The van der Waals surface area contributed by atoms with Gasteiger partial charge >= 0.3 is 36.4 Å². The van der Waals surface area contributed by atoms with Crippen LogP contribution in [0, 0.1) is 0 Å². The number of carbonyl (C=O) groups is 3. The van der Waals surface area contributed by atoms with Crippen molar-refractivity contribution >= 4 is 40.3 Å². The van der Waals surface area contributed by atoms with Crippen LogP contribution in [0.15, 0.2) is 84.9 Å². The molecule has 0 unspecified atom stereocenters. The van der Waals surface area contributed by atoms with Crippen molar-refractivity contribution in [2.24, 2.45) is 0 Å². The van der Waals surface area contributed by atoms with Crippen molar-refractivity contribution in [1.82, 2.24) is 15.2 Å². The van der Waals surface area contributed by atoms with Crippen LogP contribution in [0.3, 0.4) is 0 Å². The SMILES string of the molecule is Nc1ccc(-c2cc3[nH]nc(N)c3c(-c3ccc(Oc4ccccc4)cc3)n2)cc1.O=C(O)C(F)(F)F.O=C(O)C(F)(F)F.O=C(O)C(F)(F)F. The van der Waals surface area contributed by atoms with Gasteiger partial charge < -0.3 is 31.5 Å². The molecule has 0 saturated carbocycles. The fourth-order valence-corrected chi connectivity index (χ4v) is 3.39. The molecule has 0 aliphatic carbocycles. The minimum atomic E-state index is -5.08. The maximum atomic E-state index is 10.6. The number of ether oxygens (including phenoxy) is 1. The van der Waals surface area contributed by atoms with E-state index in [1.165, 1.54) is 0 Å². The first-order valence-electron chi connectivity index (χ1n) is 13.2. The highest BCUT2D eigenvalue weighted by molar-refractivity contribution is 6.01. The summed E-state index contributed by atoms with van der Waals surface area (Å²) in [5.74, 6) is -6.32. The Kier molecular flexibility index (Phi) is 13.3. The lowest BCUT2D eigenvalue weighted by atomic mass is 10.0. The van der Waals surface area contributed by atoms with Crippen molar-refractivity contribution < 1.29 is 74.0 Å². The number of hydrogen-bond donors (Lipinski definition) is 6. The van der Waals surface area contributed by atoms with Crippen LogP contribution in [0.25, 0.3) is 33.4 Å². The van der Waals surface area contributed by atoms with Crippen LogP contribution in [0.2, 0.25) is 0 Å². The number of nitrogen functional groups attached to an aromatic ring is 2. The Balaban J connectivity index is 0.000000352. The number of nitrogens with one attached hydrogen (secondary N) is 1. The van der Waals surface area contributed by atoms with E-state index in [2.05, 4.69) is 10.2 Å². The second kappa shape index (κ2) is 16.7. The number of halogens is 9. The van der Waals surface area contributed by atoms with Crippen molar-refractivity contribution in [3.63, 3.8) is 0 Å². The van der Waals surface area contributed by atoms with Gasteiger partial charge in [0.05, 0.1) is 22.3 Å². The second-order valence-electron chi connectivity index (χ2n) is 9.36. The van der Waals surface area contributed by atoms with Crippen molar-refractivity contribution in [3.05, 3.63) is 84.9 Å². The maximum Gasteiger partial charge on any atom is 0.490 e. The zero-order valence-electron chi connectivity index (χ0n) is 25.0. The van der Waals surface area contributed by atoms with Crippen molar-refractivity contribution in [1.29, 1.82) is 0 Å². The zero-order chi connectivity index (χ0) is 38.7. The first-order chi connectivity index (χ1) is 23.5. The van der Waals surface area contributed by atoms with Gasteiger partial charge in [-0.2, -0.15) is 44.6 Å². The topological polar surface area (TPSA) is 215 Å². The van der Waals surface area contributed by atoms with Gasteiger partial charge in [0.1, 0.15) is 11.5 Å². The number of rotatable bonds is 4. The number of nitrogens with zero attached hydrogens (tertiary/aromatic N) is 2. The lowest BCUT2D eigenvalue weighted by molar-refractivity contribution is -0.193. The number of para-hydroxylation sites is 1. The van der Waals surface area contributed by atoms with Gasteiger partial charge in [-0.1, -0.05) is 30.3 Å². The Morgan fingerprint density at radius 2 is 1.04 bits per heavy atom. The van der Waals surface area contributed by atoms with Gasteiger partial charge in [0, 0.05) is 16.8 Å². The molecular weight excluding hydrogens is 713 g/mol. The highest BCUT2D eigenvalue weighted by atomic mass is 19.4. The van der Waals surface area contributed by atoms with E-state index >= 15 is 0 Å². The Morgan fingerprint density at radius 1 is 0.627 bits per heavy atom. The normalized spacial score (nSPS) is 11.1. The number of carboxylic acids is 3. The van der Waals surface area contributed by atoms with Crippen LogP contribution in [0.1, 0.15) is 0 Å². The van der Waals surface area contributed by atoms with E-state index in [0.717, 1.165) is 44.9 Å². The molecule has 0 fully saturated rings. The zero-order valence-corrected chi connectivity index (χ0v) is 25.0. The molecule has 5 rings (SSSR count). The quantitative estimate of drug-likeness (QED) is 0.0805. The number of benzene rings is 3. The molecule has 21 heteroatoms. The van der Waals surface area contributed by atoms with Crippen LogP contribution in [-0.2, 0) is 14.4 Å². The Hall–Kier alpha value is -6.54. The average Bonchev–Trinajstić information content (AvgIpc) is 3.42. The standard InChI is InChI=1S/C24H19N5O.3C2HF3O2/c25-17-10-6-15(7-11-17)20-14-21-22(24(26)29-28-21)23(27-20)16-8-12-19(13-9-16)30-18-4-2-1-3-5-18;3*3-2(4,5)1(6)7/h1-14H,25H2,(H3,26,28,29);3*(H,6,7). The first kappa shape index (κ1) is 40.6. The molecule has 51 heavy (non-hydrogen) atoms. The summed E-state index contributed by atoms with van der Waals surface area (Å²) in [7, 11) is 0. The number of aromatic nitrogens is 3. The van der Waals surface area contributed by atoms with Gasteiger partial charge in [-0.25, -0.2) is 19.4 Å². The molecule has 0 bridgehead atoms. The summed E-state index contributed by atoms with van der Waals surface area (Å²) in [4.78, 5) is 31.6. The molecule has 2 aromatic heterocycles. The van der Waals surface area contributed by atoms with Crippen molar-refractivity contribution in [2.45, 2.75) is 18.5 Å². The van der Waals surface area contributed by atoms with Crippen molar-refractivity contribution in [3.8, 4) is 34.0 Å². The summed E-state index contributed by atoms with van der Waals surface area (Å²) in [5.41, 5.74) is 16.9. The van der Waals surface area contributed by atoms with Gasteiger partial charge in [0.2, 0.25) is 0 Å². The number of H-pyrrole nitrogens is 1. The largest absolute Gasteiger partial charge is 0.490 e. The van der Waals surface area contributed by atoms with Crippen LogP contribution in [0.4, 0.5) is 51.0 Å². The van der Waals surface area contributed by atoms with E-state index in [4.69, 9.17) is 50.9 Å². The minimum absolute atomic E-state index is 0.418. The molecule has 0 atom stereocenters. The molecule has 5 aromatic rings. The van der Waals surface area contributed by atoms with E-state index in [0.29, 0.717) is 11.5 Å². The molecule has 0 spiro atoms. The second-order valence-corrected chi connectivity index (χ2v) is 9.36. The first-order valence-corrected chi connectivity index (χ1v) is 13.2. The van der Waals surface area contributed by atoms with Crippen LogP contribution >= 0.6 is 0 Å². The van der Waals surface area contributed by atoms with E-state index in [-0.39, 0.29) is 0 Å². The van der Waals surface area contributed by atoms with Gasteiger partial charge in [0.25, 0.3) is 0 Å². The Morgan fingerprint density at radius 3 is 1.47 bits per heavy atom. The smallest absolute Gasteiger partial charge is 0.475 e. The van der Waals surface area contributed by atoms with Crippen molar-refractivity contribution in [2.75, 3.05) is 11.5 Å². The average molecular weight is 736 g/mol. The molecule has 0 amide bonds. The number of alkyl halides is 9. The molecule has 3 aromatic carbocycles. The fourth-order valence-electron chi connectivity index (χ4n) is 3.39. The summed E-state index contributed by atoms with van der Waals surface area (Å²) in [6.45, 7) is 0. The number of aliphatic carboxylic acids is 3. The van der Waals surface area contributed by atoms with Gasteiger partial charge in [-0.05, 0) is 54.6 Å². The lowest BCUT2D eigenvalue weighted by Gasteiger charge is -2.10. The lowest BCUT2D eigenvalue weighted by Crippen LogP contribution is -2.21. The highest BCUT2D eigenvalue weighted by Gasteiger charge is 2.39. The van der Waals surface area contributed by atoms with Crippen LogP contribution < -0.4 is 16.2 Å². The summed E-state index contributed by atoms with van der Waals surface area (Å²) in [6, 6.07) is 27.0. The number of hydrogen-bond acceptors (Lipinski definition) is 8. The third-order valence-electron chi connectivity index (χ3n) is 5.61. The maximum absolute atomic E-state index is 10.6. The number of pyridine rings is 1. The van der Waals surface area contributed by atoms with Gasteiger partial charge in [-0.15, -0.1) is 0 Å². The summed E-state index contributed by atoms with van der Waals surface area (Å²) in [5, 5.41) is 29.3. The molecule has 12 nitrogen and oxygen atoms in total. The summed E-state index contributed by atoms with van der Waals surface area (Å²) >= 11 is 0. The molecule has 8 N–H and O–H groups in total. The summed E-state index contributed by atoms with van der Waals surface area (Å²) in [6.07, 6.45) is -15.3. The third kappa shape index (κ3) is 12.8. The number of carboxylic acid groups (broad SMARTS) is 3. The Labute approximate surface area is 278 Å². The molecule has 272 valence electrons. The Bertz CT molecular complexity index is 1870. The fraction of sp³-hybridized carbons (Fsp3) is 0.100. The van der Waals surface area contributed by atoms with E-state index in [9.17, 15) is 39.5 Å². The molecular formula is C30H22F9N5O7. The molecule has 0 aliphatic heterocycles. The van der Waals surface area contributed by atoms with E-state index in [1.54, 1.807) is 0 Å². The monoisotopic (exact) mass is 735 g/mol.